The van der Waals surface area contributed by atoms with E-state index in [1.54, 1.807) is 24.9 Å². The minimum atomic E-state index is -0.301. The van der Waals surface area contributed by atoms with E-state index in [1.165, 1.54) is 12.1 Å². The third kappa shape index (κ3) is 2.58. The molecule has 0 radical (unpaired) electrons. The summed E-state index contributed by atoms with van der Waals surface area (Å²) >= 11 is 0. The maximum absolute atomic E-state index is 13.3. The van der Waals surface area contributed by atoms with Gasteiger partial charge in [0.25, 0.3) is 5.91 Å². The van der Waals surface area contributed by atoms with Crippen LogP contribution in [0.25, 0.3) is 10.8 Å². The fourth-order valence-corrected chi connectivity index (χ4v) is 2.47. The maximum atomic E-state index is 13.3. The summed E-state index contributed by atoms with van der Waals surface area (Å²) in [5, 5.41) is 2.21. The maximum Gasteiger partial charge on any atom is 0.258 e. The Morgan fingerprint density at radius 2 is 1.68 bits per heavy atom. The summed E-state index contributed by atoms with van der Waals surface area (Å²) in [6.45, 7) is 1.65. The molecule has 0 N–H and O–H groups in total. The van der Waals surface area contributed by atoms with Gasteiger partial charge in [-0.25, -0.2) is 4.39 Å². The van der Waals surface area contributed by atoms with Crippen LogP contribution < -0.4 is 4.90 Å². The predicted octanol–water partition coefficient (Wildman–Crippen LogP) is 4.56. The summed E-state index contributed by atoms with van der Waals surface area (Å²) in [7, 11) is 1.73. The highest BCUT2D eigenvalue weighted by Gasteiger charge is 2.14. The van der Waals surface area contributed by atoms with E-state index in [2.05, 4.69) is 0 Å². The Balaban J connectivity index is 1.95. The van der Waals surface area contributed by atoms with Crippen molar-refractivity contribution in [1.82, 2.24) is 0 Å². The number of rotatable bonds is 2. The summed E-state index contributed by atoms with van der Waals surface area (Å²) < 4.78 is 13.3. The molecule has 0 aromatic heterocycles. The van der Waals surface area contributed by atoms with Crippen molar-refractivity contribution in [2.45, 2.75) is 6.92 Å². The summed E-state index contributed by atoms with van der Waals surface area (Å²) in [5.41, 5.74) is 1.76. The number of aryl methyl sites for hydroxylation is 1. The molecule has 22 heavy (non-hydrogen) atoms. The molecule has 3 heteroatoms. The van der Waals surface area contributed by atoms with Gasteiger partial charge in [0, 0.05) is 18.3 Å². The third-order valence-corrected chi connectivity index (χ3v) is 3.83. The molecule has 3 rings (SSSR count). The quantitative estimate of drug-likeness (QED) is 0.678. The molecule has 0 bridgehead atoms. The number of hydrogen-bond acceptors (Lipinski definition) is 1. The first kappa shape index (κ1) is 14.3. The van der Waals surface area contributed by atoms with Gasteiger partial charge in [0.1, 0.15) is 5.82 Å². The summed E-state index contributed by atoms with van der Waals surface area (Å²) in [4.78, 5) is 14.1. The van der Waals surface area contributed by atoms with E-state index in [1.807, 2.05) is 42.5 Å². The van der Waals surface area contributed by atoms with Gasteiger partial charge in [0.2, 0.25) is 0 Å². The molecule has 2 nitrogen and oxygen atoms in total. The zero-order chi connectivity index (χ0) is 15.7. The Kier molecular flexibility index (Phi) is 3.63. The van der Waals surface area contributed by atoms with E-state index < -0.39 is 0 Å². The highest BCUT2D eigenvalue weighted by Crippen LogP contribution is 2.23. The van der Waals surface area contributed by atoms with E-state index in [0.717, 1.165) is 16.5 Å². The lowest BCUT2D eigenvalue weighted by Crippen LogP contribution is -2.26. The number of amides is 1. The summed E-state index contributed by atoms with van der Waals surface area (Å²) in [6, 6.07) is 18.3. The van der Waals surface area contributed by atoms with Crippen molar-refractivity contribution in [1.29, 1.82) is 0 Å². The zero-order valence-corrected chi connectivity index (χ0v) is 12.5. The van der Waals surface area contributed by atoms with Crippen molar-refractivity contribution >= 4 is 22.4 Å². The number of carbonyl (C=O) groups excluding carboxylic acids is 1. The first-order valence-electron chi connectivity index (χ1n) is 7.09. The molecule has 0 unspecified atom stereocenters. The fourth-order valence-electron chi connectivity index (χ4n) is 2.47. The lowest BCUT2D eigenvalue weighted by atomic mass is 10.1. The molecule has 0 heterocycles. The van der Waals surface area contributed by atoms with Crippen LogP contribution in [0, 0.1) is 12.7 Å². The number of fused-ring (bicyclic) bond motifs is 1. The van der Waals surface area contributed by atoms with Crippen LogP contribution in [-0.4, -0.2) is 13.0 Å². The van der Waals surface area contributed by atoms with Gasteiger partial charge in [-0.2, -0.15) is 0 Å². The van der Waals surface area contributed by atoms with E-state index in [0.29, 0.717) is 11.1 Å². The predicted molar refractivity (Wildman–Crippen MR) is 87.8 cm³/mol. The van der Waals surface area contributed by atoms with Gasteiger partial charge in [-0.3, -0.25) is 4.79 Å². The Labute approximate surface area is 128 Å². The molecule has 0 aliphatic heterocycles. The van der Waals surface area contributed by atoms with Gasteiger partial charge < -0.3 is 4.90 Å². The lowest BCUT2D eigenvalue weighted by Gasteiger charge is -2.18. The highest BCUT2D eigenvalue weighted by atomic mass is 19.1. The third-order valence-electron chi connectivity index (χ3n) is 3.83. The van der Waals surface area contributed by atoms with Crippen LogP contribution in [0.15, 0.2) is 60.7 Å². The van der Waals surface area contributed by atoms with Crippen molar-refractivity contribution in [2.24, 2.45) is 0 Å². The topological polar surface area (TPSA) is 20.3 Å². The van der Waals surface area contributed by atoms with Gasteiger partial charge in [-0.05, 0) is 53.6 Å². The van der Waals surface area contributed by atoms with Crippen LogP contribution in [0.3, 0.4) is 0 Å². The number of nitrogens with zero attached hydrogens (tertiary/aromatic N) is 1. The van der Waals surface area contributed by atoms with E-state index >= 15 is 0 Å². The average molecular weight is 293 g/mol. The number of benzene rings is 3. The van der Waals surface area contributed by atoms with Gasteiger partial charge in [0.05, 0.1) is 0 Å². The molecule has 0 atom stereocenters. The van der Waals surface area contributed by atoms with E-state index in [9.17, 15) is 9.18 Å². The second-order valence-corrected chi connectivity index (χ2v) is 5.36. The smallest absolute Gasteiger partial charge is 0.258 e. The van der Waals surface area contributed by atoms with E-state index in [4.69, 9.17) is 0 Å². The fraction of sp³-hybridized carbons (Fsp3) is 0.105. The minimum absolute atomic E-state index is 0.154. The van der Waals surface area contributed by atoms with Crippen molar-refractivity contribution in [2.75, 3.05) is 11.9 Å². The number of halogens is 1. The molecular formula is C19H16FNO. The Morgan fingerprint density at radius 1 is 0.955 bits per heavy atom. The highest BCUT2D eigenvalue weighted by molar-refractivity contribution is 6.06. The number of carbonyl (C=O) groups is 1. The Bertz CT molecular complexity index is 857. The number of anilines is 1. The Hall–Kier alpha value is -2.68. The summed E-state index contributed by atoms with van der Waals surface area (Å²) in [5.74, 6) is -0.455. The molecule has 3 aromatic carbocycles. The van der Waals surface area contributed by atoms with Crippen LogP contribution in [0.2, 0.25) is 0 Å². The lowest BCUT2D eigenvalue weighted by molar-refractivity contribution is 0.0993. The average Bonchev–Trinajstić information content (AvgIpc) is 2.55. The van der Waals surface area contributed by atoms with Crippen molar-refractivity contribution in [3.63, 3.8) is 0 Å². The van der Waals surface area contributed by atoms with Gasteiger partial charge >= 0.3 is 0 Å². The molecule has 0 saturated carbocycles. The molecule has 110 valence electrons. The Morgan fingerprint density at radius 3 is 2.41 bits per heavy atom. The zero-order valence-electron chi connectivity index (χ0n) is 12.5. The first-order chi connectivity index (χ1) is 10.6. The normalized spacial score (nSPS) is 10.7. The van der Waals surface area contributed by atoms with Crippen molar-refractivity contribution in [3.05, 3.63) is 77.6 Å². The largest absolute Gasteiger partial charge is 0.311 e. The SMILES string of the molecule is Cc1cc(C(=O)N(C)c2ccc3ccccc3c2)ccc1F. The molecule has 0 fully saturated rings. The standard InChI is InChI=1S/C19H16FNO/c1-13-11-16(8-10-18(13)20)19(22)21(2)17-9-7-14-5-3-4-6-15(14)12-17/h3-12H,1-2H3. The van der Waals surface area contributed by atoms with E-state index in [-0.39, 0.29) is 11.7 Å². The van der Waals surface area contributed by atoms with Crippen LogP contribution in [0.5, 0.6) is 0 Å². The molecular weight excluding hydrogens is 277 g/mol. The molecule has 0 aliphatic rings. The monoisotopic (exact) mass is 293 g/mol. The van der Waals surface area contributed by atoms with Crippen molar-refractivity contribution in [3.8, 4) is 0 Å². The summed E-state index contributed by atoms with van der Waals surface area (Å²) in [6.07, 6.45) is 0. The molecule has 0 saturated heterocycles. The van der Waals surface area contributed by atoms with Gasteiger partial charge in [0.15, 0.2) is 0 Å². The molecule has 0 aliphatic carbocycles. The van der Waals surface area contributed by atoms with Gasteiger partial charge in [-0.15, -0.1) is 0 Å². The van der Waals surface area contributed by atoms with Crippen LogP contribution >= 0.6 is 0 Å². The second-order valence-electron chi connectivity index (χ2n) is 5.36. The van der Waals surface area contributed by atoms with Crippen molar-refractivity contribution < 1.29 is 9.18 Å². The van der Waals surface area contributed by atoms with Crippen LogP contribution in [0.4, 0.5) is 10.1 Å². The number of hydrogen-bond donors (Lipinski definition) is 0. The minimum Gasteiger partial charge on any atom is -0.311 e. The molecule has 0 spiro atoms. The van der Waals surface area contributed by atoms with Crippen LogP contribution in [-0.2, 0) is 0 Å². The first-order valence-corrected chi connectivity index (χ1v) is 7.09. The molecule has 1 amide bonds. The van der Waals surface area contributed by atoms with Crippen LogP contribution in [0.1, 0.15) is 15.9 Å². The van der Waals surface area contributed by atoms with Gasteiger partial charge in [-0.1, -0.05) is 30.3 Å². The molecule has 3 aromatic rings. The second kappa shape index (κ2) is 5.60.